The lowest BCUT2D eigenvalue weighted by Gasteiger charge is -2.32. The third-order valence-corrected chi connectivity index (χ3v) is 4.93. The molecule has 3 atom stereocenters. The van der Waals surface area contributed by atoms with Crippen LogP contribution in [0.3, 0.4) is 0 Å². The van der Waals surface area contributed by atoms with Crippen LogP contribution in [0.1, 0.15) is 36.2 Å². The van der Waals surface area contributed by atoms with Gasteiger partial charge in [-0.05, 0) is 31.6 Å². The lowest BCUT2D eigenvalue weighted by atomic mass is 10.0. The third-order valence-electron chi connectivity index (χ3n) is 4.93. The van der Waals surface area contributed by atoms with E-state index in [9.17, 15) is 4.79 Å². The van der Waals surface area contributed by atoms with E-state index in [2.05, 4.69) is 20.2 Å². The minimum absolute atomic E-state index is 0.0542. The van der Waals surface area contributed by atoms with Crippen molar-refractivity contribution in [1.82, 2.24) is 20.2 Å². The molecule has 1 amide bonds. The predicted molar refractivity (Wildman–Crippen MR) is 80.3 cm³/mol. The lowest BCUT2D eigenvalue weighted by Crippen LogP contribution is -2.47. The average molecular weight is 302 g/mol. The molecular formula is C16H22N4O2. The Morgan fingerprint density at radius 3 is 3.05 bits per heavy atom. The van der Waals surface area contributed by atoms with Crippen molar-refractivity contribution in [2.24, 2.45) is 5.92 Å². The maximum Gasteiger partial charge on any atom is 0.271 e. The number of nitrogens with zero attached hydrogens (tertiary/aromatic N) is 3. The highest BCUT2D eigenvalue weighted by Gasteiger charge is 2.45. The fourth-order valence-electron chi connectivity index (χ4n) is 3.68. The monoisotopic (exact) mass is 302 g/mol. The van der Waals surface area contributed by atoms with Gasteiger partial charge in [0.25, 0.3) is 5.91 Å². The number of hydrogen-bond acceptors (Lipinski definition) is 5. The van der Waals surface area contributed by atoms with Crippen LogP contribution >= 0.6 is 0 Å². The van der Waals surface area contributed by atoms with E-state index in [0.717, 1.165) is 32.0 Å². The molecule has 0 aromatic carbocycles. The number of amides is 1. The van der Waals surface area contributed by atoms with Crippen LogP contribution in [0.4, 0.5) is 0 Å². The molecule has 0 spiro atoms. The van der Waals surface area contributed by atoms with Gasteiger partial charge in [0.1, 0.15) is 5.69 Å². The zero-order chi connectivity index (χ0) is 14.9. The van der Waals surface area contributed by atoms with Crippen molar-refractivity contribution in [3.63, 3.8) is 0 Å². The number of fused-ring (bicyclic) bond motifs is 1. The first kappa shape index (κ1) is 14.1. The SMILES string of the molecule is O=C(N[C@@H]1CN(CC2CC2)[C@H]2CCCO[C@@H]12)c1cnccn1. The van der Waals surface area contributed by atoms with Crippen LogP contribution in [0, 0.1) is 5.92 Å². The summed E-state index contributed by atoms with van der Waals surface area (Å²) in [6.45, 7) is 2.84. The Balaban J connectivity index is 1.45. The highest BCUT2D eigenvalue weighted by Crippen LogP contribution is 2.35. The van der Waals surface area contributed by atoms with Crippen LogP contribution in [-0.2, 0) is 4.74 Å². The van der Waals surface area contributed by atoms with Gasteiger partial charge in [-0.2, -0.15) is 0 Å². The Bertz CT molecular complexity index is 534. The Kier molecular flexibility index (Phi) is 3.80. The second kappa shape index (κ2) is 5.93. The van der Waals surface area contributed by atoms with Crippen molar-refractivity contribution in [3.05, 3.63) is 24.3 Å². The molecule has 3 aliphatic rings. The van der Waals surface area contributed by atoms with Crippen molar-refractivity contribution in [1.29, 1.82) is 0 Å². The molecule has 0 bridgehead atoms. The van der Waals surface area contributed by atoms with E-state index in [1.54, 1.807) is 12.4 Å². The first-order valence-corrected chi connectivity index (χ1v) is 8.24. The van der Waals surface area contributed by atoms with E-state index in [1.165, 1.54) is 25.5 Å². The Morgan fingerprint density at radius 2 is 2.27 bits per heavy atom. The van der Waals surface area contributed by atoms with Crippen molar-refractivity contribution < 1.29 is 9.53 Å². The molecular weight excluding hydrogens is 280 g/mol. The van der Waals surface area contributed by atoms with Gasteiger partial charge in [0.15, 0.2) is 0 Å². The van der Waals surface area contributed by atoms with E-state index in [-0.39, 0.29) is 18.1 Å². The number of carbonyl (C=O) groups is 1. The van der Waals surface area contributed by atoms with Gasteiger partial charge in [-0.25, -0.2) is 4.98 Å². The minimum atomic E-state index is -0.153. The number of carbonyl (C=O) groups excluding carboxylic acids is 1. The quantitative estimate of drug-likeness (QED) is 0.893. The van der Waals surface area contributed by atoms with Gasteiger partial charge < -0.3 is 10.1 Å². The molecule has 1 aromatic rings. The maximum absolute atomic E-state index is 12.3. The fourth-order valence-corrected chi connectivity index (χ4v) is 3.68. The number of rotatable bonds is 4. The zero-order valence-corrected chi connectivity index (χ0v) is 12.6. The van der Waals surface area contributed by atoms with Crippen LogP contribution in [0.15, 0.2) is 18.6 Å². The average Bonchev–Trinajstić information content (AvgIpc) is 3.32. The van der Waals surface area contributed by atoms with Gasteiger partial charge in [0.05, 0.1) is 18.3 Å². The Morgan fingerprint density at radius 1 is 1.36 bits per heavy atom. The molecule has 0 radical (unpaired) electrons. The fraction of sp³-hybridized carbons (Fsp3) is 0.688. The summed E-state index contributed by atoms with van der Waals surface area (Å²) in [5.41, 5.74) is 0.371. The lowest BCUT2D eigenvalue weighted by molar-refractivity contribution is -0.0205. The molecule has 2 saturated heterocycles. The summed E-state index contributed by atoms with van der Waals surface area (Å²) in [7, 11) is 0. The van der Waals surface area contributed by atoms with E-state index in [1.807, 2.05) is 0 Å². The summed E-state index contributed by atoms with van der Waals surface area (Å²) in [6, 6.07) is 0.514. The Labute approximate surface area is 130 Å². The van der Waals surface area contributed by atoms with Gasteiger partial charge in [0, 0.05) is 38.1 Å². The summed E-state index contributed by atoms with van der Waals surface area (Å²) in [4.78, 5) is 22.9. The molecule has 1 N–H and O–H groups in total. The largest absolute Gasteiger partial charge is 0.374 e. The standard InChI is InChI=1S/C16H22N4O2/c21-16(12-8-17-5-6-18-12)19-13-10-20(9-11-3-4-11)14-2-1-7-22-15(13)14/h5-6,8,11,13-15H,1-4,7,9-10H2,(H,19,21)/t13-,14+,15+/m1/s1. The van der Waals surface area contributed by atoms with Crippen LogP contribution in [0.2, 0.25) is 0 Å². The Hall–Kier alpha value is -1.53. The summed E-state index contributed by atoms with van der Waals surface area (Å²) >= 11 is 0. The van der Waals surface area contributed by atoms with E-state index < -0.39 is 0 Å². The van der Waals surface area contributed by atoms with E-state index in [4.69, 9.17) is 4.74 Å². The molecule has 4 rings (SSSR count). The van der Waals surface area contributed by atoms with Crippen LogP contribution in [0.25, 0.3) is 0 Å². The highest BCUT2D eigenvalue weighted by molar-refractivity contribution is 5.92. The maximum atomic E-state index is 12.3. The number of likely N-dealkylation sites (tertiary alicyclic amines) is 1. The van der Waals surface area contributed by atoms with Gasteiger partial charge >= 0.3 is 0 Å². The molecule has 6 nitrogen and oxygen atoms in total. The van der Waals surface area contributed by atoms with Gasteiger partial charge in [-0.15, -0.1) is 0 Å². The second-order valence-electron chi connectivity index (χ2n) is 6.61. The highest BCUT2D eigenvalue weighted by atomic mass is 16.5. The minimum Gasteiger partial charge on any atom is -0.374 e. The molecule has 6 heteroatoms. The van der Waals surface area contributed by atoms with Crippen LogP contribution < -0.4 is 5.32 Å². The topological polar surface area (TPSA) is 67.4 Å². The van der Waals surface area contributed by atoms with Gasteiger partial charge in [-0.3, -0.25) is 14.7 Å². The molecule has 3 fully saturated rings. The smallest absolute Gasteiger partial charge is 0.271 e. The summed E-state index contributed by atoms with van der Waals surface area (Å²) in [5, 5.41) is 3.11. The van der Waals surface area contributed by atoms with Gasteiger partial charge in [-0.1, -0.05) is 0 Å². The summed E-state index contributed by atoms with van der Waals surface area (Å²) < 4.78 is 5.99. The molecule has 118 valence electrons. The van der Waals surface area contributed by atoms with Crippen LogP contribution in [-0.4, -0.2) is 58.7 Å². The molecule has 3 heterocycles. The second-order valence-corrected chi connectivity index (χ2v) is 6.61. The number of aromatic nitrogens is 2. The summed E-state index contributed by atoms with van der Waals surface area (Å²) in [5.74, 6) is 0.705. The first-order chi connectivity index (χ1) is 10.8. The molecule has 1 aromatic heterocycles. The number of hydrogen-bond donors (Lipinski definition) is 1. The molecule has 1 saturated carbocycles. The summed E-state index contributed by atoms with van der Waals surface area (Å²) in [6.07, 6.45) is 9.74. The van der Waals surface area contributed by atoms with Crippen molar-refractivity contribution >= 4 is 5.91 Å². The first-order valence-electron chi connectivity index (χ1n) is 8.24. The predicted octanol–water partition coefficient (Wildman–Crippen LogP) is 0.848. The molecule has 2 aliphatic heterocycles. The third kappa shape index (κ3) is 2.85. The van der Waals surface area contributed by atoms with Crippen LogP contribution in [0.5, 0.6) is 0 Å². The normalized spacial score (nSPS) is 31.7. The van der Waals surface area contributed by atoms with Crippen molar-refractivity contribution in [3.8, 4) is 0 Å². The number of nitrogens with one attached hydrogen (secondary N) is 1. The van der Waals surface area contributed by atoms with Crippen molar-refractivity contribution in [2.45, 2.75) is 43.9 Å². The molecule has 22 heavy (non-hydrogen) atoms. The van der Waals surface area contributed by atoms with E-state index >= 15 is 0 Å². The van der Waals surface area contributed by atoms with Gasteiger partial charge in [0.2, 0.25) is 0 Å². The molecule has 0 unspecified atom stereocenters. The number of ether oxygens (including phenoxy) is 1. The van der Waals surface area contributed by atoms with Crippen molar-refractivity contribution in [2.75, 3.05) is 19.7 Å². The zero-order valence-electron chi connectivity index (χ0n) is 12.6. The molecule has 1 aliphatic carbocycles. The van der Waals surface area contributed by atoms with E-state index in [0.29, 0.717) is 11.7 Å².